The van der Waals surface area contributed by atoms with Gasteiger partial charge in [0.15, 0.2) is 0 Å². The number of nitrogens with zero attached hydrogens (tertiary/aromatic N) is 1. The van der Waals surface area contributed by atoms with Gasteiger partial charge in [-0.25, -0.2) is 13.2 Å². The number of benzene rings is 1. The minimum Gasteiger partial charge on any atom is -0.389 e. The molecule has 1 N–H and O–H groups in total. The number of alkyl halides is 2. The summed E-state index contributed by atoms with van der Waals surface area (Å²) in [6.45, 7) is 1.01. The van der Waals surface area contributed by atoms with Crippen LogP contribution in [0.15, 0.2) is 18.2 Å². The first-order valence-electron chi connectivity index (χ1n) is 4.88. The van der Waals surface area contributed by atoms with Gasteiger partial charge in [-0.1, -0.05) is 0 Å². The number of hydrogen-bond acceptors (Lipinski definition) is 2. The quantitative estimate of drug-likeness (QED) is 0.864. The van der Waals surface area contributed by atoms with Gasteiger partial charge < -0.3 is 10.0 Å². The molecule has 0 saturated heterocycles. The lowest BCUT2D eigenvalue weighted by molar-refractivity contribution is 0.156. The van der Waals surface area contributed by atoms with E-state index < -0.39 is 24.9 Å². The fourth-order valence-electron chi connectivity index (χ4n) is 1.51. The minimum atomic E-state index is -2.48. The van der Waals surface area contributed by atoms with E-state index in [1.807, 2.05) is 0 Å². The predicted octanol–water partition coefficient (Wildman–Crippen LogP) is 2.58. The Morgan fingerprint density at radius 2 is 2.00 bits per heavy atom. The van der Waals surface area contributed by atoms with Crippen LogP contribution in [0.3, 0.4) is 0 Å². The van der Waals surface area contributed by atoms with Crippen LogP contribution in [0.25, 0.3) is 0 Å². The molecule has 16 heavy (non-hydrogen) atoms. The van der Waals surface area contributed by atoms with Crippen molar-refractivity contribution >= 4 is 5.69 Å². The van der Waals surface area contributed by atoms with Crippen LogP contribution in [0.4, 0.5) is 18.9 Å². The van der Waals surface area contributed by atoms with Gasteiger partial charge in [-0.15, -0.1) is 0 Å². The maximum atomic E-state index is 13.0. The molecule has 1 aromatic carbocycles. The average molecular weight is 233 g/mol. The summed E-state index contributed by atoms with van der Waals surface area (Å²) in [6, 6.07) is 3.73. The first kappa shape index (κ1) is 12.8. The van der Waals surface area contributed by atoms with E-state index in [1.54, 1.807) is 0 Å². The van der Waals surface area contributed by atoms with Crippen molar-refractivity contribution in [2.45, 2.75) is 19.5 Å². The molecule has 90 valence electrons. The van der Waals surface area contributed by atoms with Crippen molar-refractivity contribution in [3.63, 3.8) is 0 Å². The van der Waals surface area contributed by atoms with E-state index in [4.69, 9.17) is 0 Å². The summed E-state index contributed by atoms with van der Waals surface area (Å²) in [7, 11) is 1.48. The zero-order valence-electron chi connectivity index (χ0n) is 9.12. The Bertz CT molecular complexity index is 355. The molecule has 1 aromatic rings. The highest BCUT2D eigenvalue weighted by Gasteiger charge is 2.15. The van der Waals surface area contributed by atoms with Crippen molar-refractivity contribution in [2.24, 2.45) is 0 Å². The fraction of sp³-hybridized carbons (Fsp3) is 0.455. The predicted molar refractivity (Wildman–Crippen MR) is 56.3 cm³/mol. The van der Waals surface area contributed by atoms with Crippen molar-refractivity contribution in [2.75, 3.05) is 18.5 Å². The van der Waals surface area contributed by atoms with Crippen LogP contribution >= 0.6 is 0 Å². The molecule has 5 heteroatoms. The Morgan fingerprint density at radius 3 is 2.50 bits per heavy atom. The minimum absolute atomic E-state index is 0.308. The third kappa shape index (κ3) is 3.13. The number of aliphatic hydroxyl groups is 1. The summed E-state index contributed by atoms with van der Waals surface area (Å²) in [5.74, 6) is -0.495. The van der Waals surface area contributed by atoms with Gasteiger partial charge in [-0.2, -0.15) is 0 Å². The zero-order valence-corrected chi connectivity index (χ0v) is 9.12. The van der Waals surface area contributed by atoms with Gasteiger partial charge in [0, 0.05) is 18.3 Å². The van der Waals surface area contributed by atoms with Crippen molar-refractivity contribution in [1.29, 1.82) is 0 Å². The molecule has 1 unspecified atom stereocenters. The molecule has 0 saturated carbocycles. The van der Waals surface area contributed by atoms with Crippen LogP contribution < -0.4 is 4.90 Å². The van der Waals surface area contributed by atoms with Gasteiger partial charge >= 0.3 is 0 Å². The van der Waals surface area contributed by atoms with Crippen molar-refractivity contribution in [3.8, 4) is 0 Å². The molecule has 0 aliphatic rings. The third-order valence-corrected chi connectivity index (χ3v) is 2.26. The van der Waals surface area contributed by atoms with Crippen LogP contribution in [-0.4, -0.2) is 25.1 Å². The second-order valence-electron chi connectivity index (χ2n) is 3.65. The Balaban J connectivity index is 3.02. The smallest absolute Gasteiger partial charge is 0.255 e. The molecule has 0 amide bonds. The average Bonchev–Trinajstić information content (AvgIpc) is 2.16. The van der Waals surface area contributed by atoms with E-state index in [1.165, 1.54) is 31.0 Å². The second-order valence-corrected chi connectivity index (χ2v) is 3.65. The molecule has 1 rings (SSSR count). The van der Waals surface area contributed by atoms with Crippen LogP contribution in [-0.2, 0) is 0 Å². The van der Waals surface area contributed by atoms with E-state index in [2.05, 4.69) is 0 Å². The van der Waals surface area contributed by atoms with Crippen molar-refractivity contribution in [1.82, 2.24) is 0 Å². The summed E-state index contributed by atoms with van der Waals surface area (Å²) in [4.78, 5) is 1.30. The van der Waals surface area contributed by atoms with Gasteiger partial charge in [-0.05, 0) is 25.1 Å². The summed E-state index contributed by atoms with van der Waals surface area (Å²) < 4.78 is 37.4. The number of halogens is 3. The van der Waals surface area contributed by atoms with Crippen molar-refractivity contribution < 1.29 is 18.3 Å². The highest BCUT2D eigenvalue weighted by Crippen LogP contribution is 2.26. The van der Waals surface area contributed by atoms with E-state index in [-0.39, 0.29) is 0 Å². The lowest BCUT2D eigenvalue weighted by atomic mass is 10.1. The summed E-state index contributed by atoms with van der Waals surface area (Å²) >= 11 is 0. The number of aliphatic hydroxyl groups excluding tert-OH is 1. The number of anilines is 1. The third-order valence-electron chi connectivity index (χ3n) is 2.26. The molecule has 2 nitrogen and oxygen atoms in total. The van der Waals surface area contributed by atoms with E-state index in [0.29, 0.717) is 11.3 Å². The van der Waals surface area contributed by atoms with Crippen LogP contribution in [0.5, 0.6) is 0 Å². The van der Waals surface area contributed by atoms with Gasteiger partial charge in [0.05, 0.1) is 12.6 Å². The molecule has 0 aliphatic heterocycles. The Morgan fingerprint density at radius 1 is 1.38 bits per heavy atom. The monoisotopic (exact) mass is 233 g/mol. The highest BCUT2D eigenvalue weighted by molar-refractivity contribution is 5.54. The fourth-order valence-corrected chi connectivity index (χ4v) is 1.51. The molecular weight excluding hydrogens is 219 g/mol. The van der Waals surface area contributed by atoms with Crippen LogP contribution in [0.2, 0.25) is 0 Å². The lowest BCUT2D eigenvalue weighted by Crippen LogP contribution is -2.25. The largest absolute Gasteiger partial charge is 0.389 e. The second kappa shape index (κ2) is 5.21. The Hall–Kier alpha value is -1.23. The summed E-state index contributed by atoms with van der Waals surface area (Å²) in [5.41, 5.74) is 0.722. The van der Waals surface area contributed by atoms with Gasteiger partial charge in [-0.3, -0.25) is 0 Å². The maximum Gasteiger partial charge on any atom is 0.255 e. The number of hydrogen-bond donors (Lipinski definition) is 1. The van der Waals surface area contributed by atoms with Crippen molar-refractivity contribution in [3.05, 3.63) is 29.6 Å². The molecule has 0 aromatic heterocycles. The molecule has 0 fully saturated rings. The van der Waals surface area contributed by atoms with E-state index in [0.717, 1.165) is 6.07 Å². The summed E-state index contributed by atoms with van der Waals surface area (Å²) in [5, 5.41) is 9.43. The molecule has 1 atom stereocenters. The maximum absolute atomic E-state index is 13.0. The molecule has 0 spiro atoms. The van der Waals surface area contributed by atoms with E-state index >= 15 is 0 Å². The van der Waals surface area contributed by atoms with E-state index in [9.17, 15) is 18.3 Å². The SMILES string of the molecule is CC(O)c1cc(F)ccc1N(C)CC(F)F. The van der Waals surface area contributed by atoms with Crippen LogP contribution in [0, 0.1) is 5.82 Å². The molecule has 0 heterocycles. The molecule has 0 bridgehead atoms. The standard InChI is InChI=1S/C11H14F3NO/c1-7(16)9-5-8(12)3-4-10(9)15(2)6-11(13)14/h3-5,7,11,16H,6H2,1-2H3. The molecular formula is C11H14F3NO. The first-order valence-corrected chi connectivity index (χ1v) is 4.88. The Kier molecular flexibility index (Phi) is 4.18. The molecule has 0 aliphatic carbocycles. The highest BCUT2D eigenvalue weighted by atomic mass is 19.3. The van der Waals surface area contributed by atoms with Crippen LogP contribution in [0.1, 0.15) is 18.6 Å². The lowest BCUT2D eigenvalue weighted by Gasteiger charge is -2.23. The zero-order chi connectivity index (χ0) is 12.3. The van der Waals surface area contributed by atoms with Gasteiger partial charge in [0.25, 0.3) is 6.43 Å². The Labute approximate surface area is 92.3 Å². The normalized spacial score (nSPS) is 12.9. The van der Waals surface area contributed by atoms with Gasteiger partial charge in [0.2, 0.25) is 0 Å². The number of rotatable bonds is 4. The topological polar surface area (TPSA) is 23.5 Å². The molecule has 0 radical (unpaired) electrons. The summed E-state index contributed by atoms with van der Waals surface area (Å²) in [6.07, 6.45) is -3.37. The first-order chi connectivity index (χ1) is 7.41. The van der Waals surface area contributed by atoms with Gasteiger partial charge in [0.1, 0.15) is 5.82 Å².